The molecule has 5 N–H and O–H groups in total. The molecule has 1 aromatic rings. The van der Waals surface area contributed by atoms with Crippen molar-refractivity contribution in [2.45, 2.75) is 45.4 Å². The number of aliphatic hydroxyl groups is 1. The van der Waals surface area contributed by atoms with Crippen molar-refractivity contribution in [2.75, 3.05) is 23.9 Å². The van der Waals surface area contributed by atoms with Gasteiger partial charge in [0.05, 0.1) is 6.61 Å². The van der Waals surface area contributed by atoms with Crippen LogP contribution in [0.2, 0.25) is 0 Å². The summed E-state index contributed by atoms with van der Waals surface area (Å²) >= 11 is 0. The lowest BCUT2D eigenvalue weighted by atomic mass is 9.87. The first-order valence-electron chi connectivity index (χ1n) is 7.40. The zero-order valence-electron chi connectivity index (χ0n) is 12.2. The van der Waals surface area contributed by atoms with E-state index in [2.05, 4.69) is 27.6 Å². The fourth-order valence-electron chi connectivity index (χ4n) is 2.96. The van der Waals surface area contributed by atoms with Crippen LogP contribution in [0.5, 0.6) is 0 Å². The Morgan fingerprint density at radius 1 is 1.30 bits per heavy atom. The van der Waals surface area contributed by atoms with Crippen molar-refractivity contribution >= 4 is 11.6 Å². The Morgan fingerprint density at radius 2 is 2.00 bits per heavy atom. The fraction of sp³-hybridized carbons (Fsp3) is 0.714. The van der Waals surface area contributed by atoms with Gasteiger partial charge in [0, 0.05) is 17.5 Å². The maximum Gasteiger partial charge on any atom is 0.148 e. The number of rotatable bonds is 7. The number of aromatic nitrogens is 2. The molecular formula is C14H25N5O. The summed E-state index contributed by atoms with van der Waals surface area (Å²) in [5.74, 6) is 7.02. The predicted molar refractivity (Wildman–Crippen MR) is 80.3 cm³/mol. The number of nitrogen functional groups attached to an aromatic ring is 1. The average Bonchev–Trinajstić information content (AvgIpc) is 2.96. The second-order valence-electron chi connectivity index (χ2n) is 5.66. The molecule has 1 fully saturated rings. The number of nitrogens with two attached hydrogens (primary N) is 1. The van der Waals surface area contributed by atoms with E-state index in [4.69, 9.17) is 5.84 Å². The van der Waals surface area contributed by atoms with Gasteiger partial charge in [-0.1, -0.05) is 26.2 Å². The third-order valence-electron chi connectivity index (χ3n) is 4.21. The minimum absolute atomic E-state index is 0.00470. The summed E-state index contributed by atoms with van der Waals surface area (Å²) in [4.78, 5) is 8.49. The number of hydrazine groups is 1. The Balaban J connectivity index is 2.12. The van der Waals surface area contributed by atoms with Crippen LogP contribution in [0.25, 0.3) is 0 Å². The molecule has 0 aliphatic heterocycles. The van der Waals surface area contributed by atoms with Gasteiger partial charge in [-0.15, -0.1) is 0 Å². The molecule has 0 spiro atoms. The van der Waals surface area contributed by atoms with Crippen molar-refractivity contribution in [2.24, 2.45) is 11.3 Å². The van der Waals surface area contributed by atoms with E-state index in [1.54, 1.807) is 0 Å². The van der Waals surface area contributed by atoms with Crippen LogP contribution in [0.4, 0.5) is 11.6 Å². The van der Waals surface area contributed by atoms with Gasteiger partial charge in [0.2, 0.25) is 0 Å². The lowest BCUT2D eigenvalue weighted by molar-refractivity contribution is 0.142. The van der Waals surface area contributed by atoms with Crippen molar-refractivity contribution in [1.82, 2.24) is 9.97 Å². The van der Waals surface area contributed by atoms with E-state index in [-0.39, 0.29) is 12.0 Å². The number of nitrogens with zero attached hydrogens (tertiary/aromatic N) is 2. The van der Waals surface area contributed by atoms with Crippen molar-refractivity contribution < 1.29 is 5.11 Å². The van der Waals surface area contributed by atoms with Gasteiger partial charge in [-0.25, -0.2) is 15.8 Å². The van der Waals surface area contributed by atoms with Crippen LogP contribution in [-0.4, -0.2) is 28.2 Å². The van der Waals surface area contributed by atoms with Gasteiger partial charge >= 0.3 is 0 Å². The predicted octanol–water partition coefficient (Wildman–Crippen LogP) is 1.68. The summed E-state index contributed by atoms with van der Waals surface area (Å²) in [5.41, 5.74) is 3.65. The summed E-state index contributed by atoms with van der Waals surface area (Å²) in [7, 11) is 0. The highest BCUT2D eigenvalue weighted by Crippen LogP contribution is 2.38. The highest BCUT2D eigenvalue weighted by Gasteiger charge is 2.33. The largest absolute Gasteiger partial charge is 0.396 e. The van der Waals surface area contributed by atoms with Crippen molar-refractivity contribution in [1.29, 1.82) is 0 Å². The molecule has 0 aromatic carbocycles. The zero-order valence-corrected chi connectivity index (χ0v) is 12.2. The molecule has 112 valence electrons. The number of anilines is 2. The maximum atomic E-state index is 9.66. The normalized spacial score (nSPS) is 17.1. The van der Waals surface area contributed by atoms with Crippen LogP contribution < -0.4 is 16.6 Å². The van der Waals surface area contributed by atoms with Gasteiger partial charge in [0.15, 0.2) is 0 Å². The first-order chi connectivity index (χ1) is 9.74. The molecule has 0 bridgehead atoms. The molecule has 0 atom stereocenters. The summed E-state index contributed by atoms with van der Waals surface area (Å²) in [6.07, 6.45) is 7.93. The van der Waals surface area contributed by atoms with Crippen molar-refractivity contribution in [3.05, 3.63) is 11.9 Å². The van der Waals surface area contributed by atoms with E-state index in [0.29, 0.717) is 5.82 Å². The van der Waals surface area contributed by atoms with Gasteiger partial charge in [-0.05, 0) is 19.3 Å². The quantitative estimate of drug-likeness (QED) is 0.448. The van der Waals surface area contributed by atoms with Crippen LogP contribution in [0, 0.1) is 5.41 Å². The molecular weight excluding hydrogens is 254 g/mol. The van der Waals surface area contributed by atoms with Crippen molar-refractivity contribution in [3.63, 3.8) is 0 Å². The van der Waals surface area contributed by atoms with E-state index >= 15 is 0 Å². The van der Waals surface area contributed by atoms with E-state index in [9.17, 15) is 5.11 Å². The molecule has 6 nitrogen and oxygen atoms in total. The molecule has 1 saturated carbocycles. The first kappa shape index (κ1) is 15.0. The molecule has 0 amide bonds. The van der Waals surface area contributed by atoms with Gasteiger partial charge in [0.1, 0.15) is 18.0 Å². The summed E-state index contributed by atoms with van der Waals surface area (Å²) in [6.45, 7) is 3.10. The van der Waals surface area contributed by atoms with Crippen LogP contribution in [0.3, 0.4) is 0 Å². The van der Waals surface area contributed by atoms with Crippen LogP contribution >= 0.6 is 0 Å². The molecule has 1 aliphatic carbocycles. The molecule has 6 heteroatoms. The third-order valence-corrected chi connectivity index (χ3v) is 4.21. The second-order valence-corrected chi connectivity index (χ2v) is 5.66. The summed E-state index contributed by atoms with van der Waals surface area (Å²) < 4.78 is 0. The minimum Gasteiger partial charge on any atom is -0.396 e. The number of hydrogen-bond donors (Lipinski definition) is 4. The smallest absolute Gasteiger partial charge is 0.148 e. The molecule has 1 aromatic heterocycles. The Hall–Kier alpha value is -1.40. The monoisotopic (exact) mass is 279 g/mol. The molecule has 0 radical (unpaired) electrons. The minimum atomic E-state index is 0.00470. The van der Waals surface area contributed by atoms with Gasteiger partial charge in [-0.3, -0.25) is 0 Å². The molecule has 0 saturated heterocycles. The number of nitrogens with one attached hydrogen (secondary N) is 2. The summed E-state index contributed by atoms with van der Waals surface area (Å²) in [5, 5.41) is 13.1. The highest BCUT2D eigenvalue weighted by molar-refractivity contribution is 5.57. The Morgan fingerprint density at radius 3 is 2.60 bits per heavy atom. The second kappa shape index (κ2) is 6.85. The van der Waals surface area contributed by atoms with E-state index in [1.165, 1.54) is 19.2 Å². The molecule has 20 heavy (non-hydrogen) atoms. The van der Waals surface area contributed by atoms with Crippen LogP contribution in [0.15, 0.2) is 6.33 Å². The fourth-order valence-corrected chi connectivity index (χ4v) is 2.96. The Labute approximate surface area is 120 Å². The SMILES string of the molecule is CCCc1c(NN)ncnc1NCC1(CO)CCCC1. The molecule has 0 unspecified atom stereocenters. The maximum absolute atomic E-state index is 9.66. The topological polar surface area (TPSA) is 96.1 Å². The van der Waals surface area contributed by atoms with Gasteiger partial charge < -0.3 is 15.8 Å². The van der Waals surface area contributed by atoms with E-state index < -0.39 is 0 Å². The number of aliphatic hydroxyl groups excluding tert-OH is 1. The Kier molecular flexibility index (Phi) is 5.14. The van der Waals surface area contributed by atoms with Gasteiger partial charge in [0.25, 0.3) is 0 Å². The van der Waals surface area contributed by atoms with Crippen LogP contribution in [0.1, 0.15) is 44.6 Å². The first-order valence-corrected chi connectivity index (χ1v) is 7.40. The van der Waals surface area contributed by atoms with Crippen LogP contribution in [-0.2, 0) is 6.42 Å². The number of hydrogen-bond acceptors (Lipinski definition) is 6. The molecule has 1 aliphatic rings. The zero-order chi connectivity index (χ0) is 14.4. The lowest BCUT2D eigenvalue weighted by Gasteiger charge is -2.27. The standard InChI is InChI=1S/C14H25N5O/c1-2-5-11-12(17-10-18-13(11)19-15)16-8-14(9-20)6-3-4-7-14/h10,20H,2-9,15H2,1H3,(H2,16,17,18,19). The Bertz CT molecular complexity index is 432. The van der Waals surface area contributed by atoms with Gasteiger partial charge in [-0.2, -0.15) is 0 Å². The lowest BCUT2D eigenvalue weighted by Crippen LogP contribution is -2.31. The van der Waals surface area contributed by atoms with E-state index in [1.807, 2.05) is 0 Å². The van der Waals surface area contributed by atoms with Crippen molar-refractivity contribution in [3.8, 4) is 0 Å². The molecule has 1 heterocycles. The highest BCUT2D eigenvalue weighted by atomic mass is 16.3. The van der Waals surface area contributed by atoms with E-state index in [0.717, 1.165) is 43.6 Å². The third kappa shape index (κ3) is 3.19. The molecule has 2 rings (SSSR count). The average molecular weight is 279 g/mol. The summed E-state index contributed by atoms with van der Waals surface area (Å²) in [6, 6.07) is 0.